The van der Waals surface area contributed by atoms with Crippen molar-refractivity contribution in [2.45, 2.75) is 12.3 Å². The Morgan fingerprint density at radius 3 is 2.12 bits per heavy atom. The van der Waals surface area contributed by atoms with Gasteiger partial charge in [0.1, 0.15) is 5.38 Å². The Hall–Kier alpha value is -1.42. The number of halogens is 1. The standard InChI is InChI=1S/C11H13ClO4/c1-7(12)11(13)16-10-8(14-2)5-4-6-9(10)15-3/h4-7H,1-3H3/t7-/m1/s1. The van der Waals surface area contributed by atoms with Crippen molar-refractivity contribution in [2.75, 3.05) is 14.2 Å². The summed E-state index contributed by atoms with van der Waals surface area (Å²) < 4.78 is 15.2. The topological polar surface area (TPSA) is 44.8 Å². The molecule has 0 spiro atoms. The van der Waals surface area contributed by atoms with E-state index in [-0.39, 0.29) is 5.75 Å². The van der Waals surface area contributed by atoms with E-state index in [4.69, 9.17) is 25.8 Å². The summed E-state index contributed by atoms with van der Waals surface area (Å²) in [7, 11) is 2.96. The largest absolute Gasteiger partial charge is 0.493 e. The molecule has 1 aromatic carbocycles. The van der Waals surface area contributed by atoms with Crippen LogP contribution in [0.15, 0.2) is 18.2 Å². The molecule has 0 heterocycles. The molecule has 0 radical (unpaired) electrons. The summed E-state index contributed by atoms with van der Waals surface area (Å²) in [6, 6.07) is 5.08. The van der Waals surface area contributed by atoms with Gasteiger partial charge in [-0.3, -0.25) is 4.79 Å². The molecule has 0 bridgehead atoms. The maximum Gasteiger partial charge on any atom is 0.329 e. The third-order valence-corrected chi connectivity index (χ3v) is 2.09. The van der Waals surface area contributed by atoms with Gasteiger partial charge in [0.2, 0.25) is 5.75 Å². The quantitative estimate of drug-likeness (QED) is 0.463. The minimum absolute atomic E-state index is 0.241. The highest BCUT2D eigenvalue weighted by Crippen LogP contribution is 2.37. The molecule has 1 rings (SSSR count). The van der Waals surface area contributed by atoms with Crippen LogP contribution in [0.4, 0.5) is 0 Å². The molecule has 16 heavy (non-hydrogen) atoms. The fraction of sp³-hybridized carbons (Fsp3) is 0.364. The number of carbonyl (C=O) groups is 1. The zero-order valence-electron chi connectivity index (χ0n) is 9.32. The number of benzene rings is 1. The zero-order chi connectivity index (χ0) is 12.1. The van der Waals surface area contributed by atoms with E-state index in [0.29, 0.717) is 11.5 Å². The van der Waals surface area contributed by atoms with Crippen molar-refractivity contribution >= 4 is 17.6 Å². The van der Waals surface area contributed by atoms with Crippen molar-refractivity contribution in [3.05, 3.63) is 18.2 Å². The van der Waals surface area contributed by atoms with Crippen LogP contribution < -0.4 is 14.2 Å². The molecule has 4 nitrogen and oxygen atoms in total. The van der Waals surface area contributed by atoms with Gasteiger partial charge >= 0.3 is 5.97 Å². The normalized spacial score (nSPS) is 11.8. The van der Waals surface area contributed by atoms with Gasteiger partial charge in [-0.25, -0.2) is 0 Å². The van der Waals surface area contributed by atoms with Crippen LogP contribution in [0.2, 0.25) is 0 Å². The summed E-state index contributed by atoms with van der Waals surface area (Å²) in [5, 5.41) is -0.727. The van der Waals surface area contributed by atoms with Crippen LogP contribution in [0.25, 0.3) is 0 Å². The molecule has 1 atom stereocenters. The molecule has 5 heteroatoms. The van der Waals surface area contributed by atoms with Crippen LogP contribution in [-0.2, 0) is 4.79 Å². The number of para-hydroxylation sites is 1. The maximum atomic E-state index is 11.4. The first-order chi connectivity index (χ1) is 7.60. The van der Waals surface area contributed by atoms with Gasteiger partial charge in [-0.2, -0.15) is 0 Å². The molecular weight excluding hydrogens is 232 g/mol. The van der Waals surface area contributed by atoms with Crippen molar-refractivity contribution < 1.29 is 19.0 Å². The zero-order valence-corrected chi connectivity index (χ0v) is 10.1. The average Bonchev–Trinajstić information content (AvgIpc) is 2.29. The first-order valence-corrected chi connectivity index (χ1v) is 5.10. The molecule has 0 aliphatic heterocycles. The highest BCUT2D eigenvalue weighted by atomic mass is 35.5. The van der Waals surface area contributed by atoms with Crippen LogP contribution in [-0.4, -0.2) is 25.6 Å². The first-order valence-electron chi connectivity index (χ1n) is 4.67. The minimum atomic E-state index is -0.727. The lowest BCUT2D eigenvalue weighted by Crippen LogP contribution is -2.18. The number of esters is 1. The fourth-order valence-electron chi connectivity index (χ4n) is 1.10. The van der Waals surface area contributed by atoms with Gasteiger partial charge in [0.15, 0.2) is 11.5 Å². The third-order valence-electron chi connectivity index (χ3n) is 1.91. The van der Waals surface area contributed by atoms with E-state index in [9.17, 15) is 4.79 Å². The Kier molecular flexibility index (Phi) is 4.43. The molecule has 0 amide bonds. The summed E-state index contributed by atoms with van der Waals surface area (Å²) in [6.45, 7) is 1.53. The number of rotatable bonds is 4. The van der Waals surface area contributed by atoms with E-state index in [1.807, 2.05) is 0 Å². The molecule has 0 N–H and O–H groups in total. The van der Waals surface area contributed by atoms with E-state index < -0.39 is 11.3 Å². The van der Waals surface area contributed by atoms with Crippen LogP contribution in [0, 0.1) is 0 Å². The van der Waals surface area contributed by atoms with E-state index in [1.165, 1.54) is 21.1 Å². The summed E-state index contributed by atoms with van der Waals surface area (Å²) in [5.74, 6) is 0.532. The second kappa shape index (κ2) is 5.61. The Morgan fingerprint density at radius 2 is 1.75 bits per heavy atom. The van der Waals surface area contributed by atoms with E-state index in [1.54, 1.807) is 18.2 Å². The molecule has 0 saturated heterocycles. The molecule has 0 aromatic heterocycles. The molecular formula is C11H13ClO4. The van der Waals surface area contributed by atoms with Crippen LogP contribution in [0.1, 0.15) is 6.92 Å². The minimum Gasteiger partial charge on any atom is -0.493 e. The number of hydrogen-bond donors (Lipinski definition) is 0. The highest BCUT2D eigenvalue weighted by molar-refractivity contribution is 6.29. The van der Waals surface area contributed by atoms with Crippen molar-refractivity contribution in [1.29, 1.82) is 0 Å². The lowest BCUT2D eigenvalue weighted by atomic mass is 10.3. The Balaban J connectivity index is 3.04. The summed E-state index contributed by atoms with van der Waals surface area (Å²) >= 11 is 5.61. The predicted molar refractivity (Wildman–Crippen MR) is 60.5 cm³/mol. The SMILES string of the molecule is COc1cccc(OC)c1OC(=O)[C@@H](C)Cl. The van der Waals surface area contributed by atoms with Gasteiger partial charge in [-0.15, -0.1) is 11.6 Å². The number of ether oxygens (including phenoxy) is 3. The predicted octanol–water partition coefficient (Wildman–Crippen LogP) is 2.24. The smallest absolute Gasteiger partial charge is 0.329 e. The lowest BCUT2D eigenvalue weighted by molar-refractivity contribution is -0.133. The number of methoxy groups -OCH3 is 2. The highest BCUT2D eigenvalue weighted by Gasteiger charge is 2.18. The van der Waals surface area contributed by atoms with Crippen molar-refractivity contribution in [1.82, 2.24) is 0 Å². The van der Waals surface area contributed by atoms with Crippen LogP contribution in [0.5, 0.6) is 17.2 Å². The van der Waals surface area contributed by atoms with Gasteiger partial charge < -0.3 is 14.2 Å². The molecule has 0 unspecified atom stereocenters. The van der Waals surface area contributed by atoms with Gasteiger partial charge in [-0.1, -0.05) is 6.07 Å². The molecule has 0 aliphatic rings. The molecule has 0 fully saturated rings. The number of hydrogen-bond acceptors (Lipinski definition) is 4. The lowest BCUT2D eigenvalue weighted by Gasteiger charge is -2.13. The maximum absolute atomic E-state index is 11.4. The van der Waals surface area contributed by atoms with Gasteiger partial charge in [0.25, 0.3) is 0 Å². The van der Waals surface area contributed by atoms with E-state index in [0.717, 1.165) is 0 Å². The van der Waals surface area contributed by atoms with Gasteiger partial charge in [0.05, 0.1) is 14.2 Å². The van der Waals surface area contributed by atoms with E-state index >= 15 is 0 Å². The Labute approximate surface area is 99.1 Å². The third kappa shape index (κ3) is 2.79. The fourth-order valence-corrected chi connectivity index (χ4v) is 1.14. The van der Waals surface area contributed by atoms with Crippen LogP contribution >= 0.6 is 11.6 Å². The average molecular weight is 245 g/mol. The van der Waals surface area contributed by atoms with Crippen molar-refractivity contribution in [3.8, 4) is 17.2 Å². The van der Waals surface area contributed by atoms with E-state index in [2.05, 4.69) is 0 Å². The Morgan fingerprint density at radius 1 is 1.25 bits per heavy atom. The second-order valence-corrected chi connectivity index (χ2v) is 3.68. The summed E-state index contributed by atoms with van der Waals surface area (Å²) in [6.07, 6.45) is 0. The summed E-state index contributed by atoms with van der Waals surface area (Å²) in [5.41, 5.74) is 0. The van der Waals surface area contributed by atoms with Gasteiger partial charge in [-0.05, 0) is 19.1 Å². The Bertz CT molecular complexity index is 354. The van der Waals surface area contributed by atoms with Gasteiger partial charge in [0, 0.05) is 0 Å². The molecule has 1 aromatic rings. The summed E-state index contributed by atoms with van der Waals surface area (Å²) in [4.78, 5) is 11.4. The number of alkyl halides is 1. The van der Waals surface area contributed by atoms with Crippen LogP contribution in [0.3, 0.4) is 0 Å². The number of carbonyl (C=O) groups excluding carboxylic acids is 1. The van der Waals surface area contributed by atoms with Crippen molar-refractivity contribution in [3.63, 3.8) is 0 Å². The van der Waals surface area contributed by atoms with Crippen molar-refractivity contribution in [2.24, 2.45) is 0 Å². The monoisotopic (exact) mass is 244 g/mol. The second-order valence-electron chi connectivity index (χ2n) is 3.03. The molecule has 0 saturated carbocycles. The molecule has 0 aliphatic carbocycles. The molecule has 88 valence electrons. The first kappa shape index (κ1) is 12.6.